The molecule has 2 aromatic rings. The summed E-state index contributed by atoms with van der Waals surface area (Å²) in [6.07, 6.45) is 0. The van der Waals surface area contributed by atoms with Gasteiger partial charge in [0.15, 0.2) is 0 Å². The summed E-state index contributed by atoms with van der Waals surface area (Å²) in [5.41, 5.74) is 8.62. The summed E-state index contributed by atoms with van der Waals surface area (Å²) in [4.78, 5) is 12.1. The van der Waals surface area contributed by atoms with E-state index in [-0.39, 0.29) is 5.91 Å². The van der Waals surface area contributed by atoms with Gasteiger partial charge in [0.25, 0.3) is 5.91 Å². The summed E-state index contributed by atoms with van der Waals surface area (Å²) in [5.74, 6) is -0.195. The van der Waals surface area contributed by atoms with Crippen LogP contribution < -0.4 is 16.4 Å². The number of nitrogens with one attached hydrogen (secondary N) is 2. The number of para-hydroxylation sites is 1. The molecular weight excluding hydrogens is 286 g/mol. The molecule has 0 fully saturated rings. The molecule has 0 bridgehead atoms. The molecule has 0 heterocycles. The number of carbonyl (C=O) groups excluding carboxylic acids is 1. The van der Waals surface area contributed by atoms with Crippen LogP contribution in [-0.2, 0) is 6.54 Å². The molecule has 0 saturated heterocycles. The van der Waals surface area contributed by atoms with Gasteiger partial charge in [-0.1, -0.05) is 52.0 Å². The maximum Gasteiger partial charge on any atom is 0.257 e. The lowest BCUT2D eigenvalue weighted by Gasteiger charge is -2.08. The van der Waals surface area contributed by atoms with Gasteiger partial charge >= 0.3 is 0 Å². The monoisotopic (exact) mass is 315 g/mol. The SMILES string of the molecule is CC.CC.CNCc1cccc(NC(=O)c2ccccc2N)c1. The number of rotatable bonds is 4. The van der Waals surface area contributed by atoms with Crippen LogP contribution in [0.1, 0.15) is 43.6 Å². The summed E-state index contributed by atoms with van der Waals surface area (Å²) in [5, 5.41) is 5.92. The molecule has 2 rings (SSSR count). The van der Waals surface area contributed by atoms with Crippen molar-refractivity contribution in [2.45, 2.75) is 34.2 Å². The number of nitrogens with two attached hydrogens (primary N) is 1. The second-order valence-corrected chi connectivity index (χ2v) is 4.27. The Morgan fingerprint density at radius 1 is 1.00 bits per heavy atom. The maximum atomic E-state index is 12.1. The van der Waals surface area contributed by atoms with Crippen molar-refractivity contribution in [2.75, 3.05) is 18.1 Å². The number of nitrogen functional groups attached to an aromatic ring is 1. The van der Waals surface area contributed by atoms with Gasteiger partial charge in [0.05, 0.1) is 5.56 Å². The Morgan fingerprint density at radius 2 is 1.65 bits per heavy atom. The Bertz CT molecular complexity index is 582. The Hall–Kier alpha value is -2.33. The van der Waals surface area contributed by atoms with E-state index in [0.717, 1.165) is 17.8 Å². The highest BCUT2D eigenvalue weighted by molar-refractivity contribution is 6.07. The van der Waals surface area contributed by atoms with Crippen molar-refractivity contribution in [3.05, 3.63) is 59.7 Å². The fourth-order valence-electron chi connectivity index (χ4n) is 1.87. The van der Waals surface area contributed by atoms with E-state index in [0.29, 0.717) is 11.3 Å². The van der Waals surface area contributed by atoms with Crippen LogP contribution in [0.4, 0.5) is 11.4 Å². The minimum absolute atomic E-state index is 0.195. The Kier molecular flexibility index (Phi) is 11.0. The van der Waals surface area contributed by atoms with Crippen molar-refractivity contribution in [2.24, 2.45) is 0 Å². The third-order valence-electron chi connectivity index (χ3n) is 2.77. The summed E-state index contributed by atoms with van der Waals surface area (Å²) in [6, 6.07) is 14.7. The zero-order valence-corrected chi connectivity index (χ0v) is 14.8. The first kappa shape index (κ1) is 20.7. The van der Waals surface area contributed by atoms with E-state index in [1.807, 2.05) is 59.0 Å². The number of hydrogen-bond acceptors (Lipinski definition) is 3. The van der Waals surface area contributed by atoms with E-state index in [2.05, 4.69) is 10.6 Å². The smallest absolute Gasteiger partial charge is 0.257 e. The number of amides is 1. The molecule has 0 aliphatic carbocycles. The van der Waals surface area contributed by atoms with Gasteiger partial charge in [-0.3, -0.25) is 4.79 Å². The second kappa shape index (κ2) is 12.2. The van der Waals surface area contributed by atoms with Gasteiger partial charge < -0.3 is 16.4 Å². The van der Waals surface area contributed by atoms with Crippen molar-refractivity contribution < 1.29 is 4.79 Å². The summed E-state index contributed by atoms with van der Waals surface area (Å²) >= 11 is 0. The highest BCUT2D eigenvalue weighted by Gasteiger charge is 2.09. The van der Waals surface area contributed by atoms with Crippen molar-refractivity contribution in [3.8, 4) is 0 Å². The highest BCUT2D eigenvalue weighted by atomic mass is 16.1. The van der Waals surface area contributed by atoms with E-state index in [1.54, 1.807) is 24.3 Å². The molecule has 0 aliphatic rings. The van der Waals surface area contributed by atoms with Crippen LogP contribution in [0.2, 0.25) is 0 Å². The number of carbonyl (C=O) groups is 1. The first-order valence-electron chi connectivity index (χ1n) is 8.10. The topological polar surface area (TPSA) is 67.1 Å². The molecule has 1 amide bonds. The minimum Gasteiger partial charge on any atom is -0.398 e. The molecule has 2 aromatic carbocycles. The zero-order valence-electron chi connectivity index (χ0n) is 14.8. The Balaban J connectivity index is 0.00000112. The predicted octanol–water partition coefficient (Wildman–Crippen LogP) is 4.29. The van der Waals surface area contributed by atoms with Gasteiger partial charge in [0.2, 0.25) is 0 Å². The molecule has 0 saturated carbocycles. The van der Waals surface area contributed by atoms with Crippen LogP contribution in [0.5, 0.6) is 0 Å². The summed E-state index contributed by atoms with van der Waals surface area (Å²) in [7, 11) is 1.88. The molecule has 23 heavy (non-hydrogen) atoms. The number of benzene rings is 2. The Labute approximate surface area is 140 Å². The quantitative estimate of drug-likeness (QED) is 0.737. The molecule has 0 unspecified atom stereocenters. The molecule has 4 heteroatoms. The first-order chi connectivity index (χ1) is 11.2. The fraction of sp³-hybridized carbons (Fsp3) is 0.316. The van der Waals surface area contributed by atoms with Gasteiger partial charge in [-0.2, -0.15) is 0 Å². The third kappa shape index (κ3) is 6.98. The van der Waals surface area contributed by atoms with E-state index >= 15 is 0 Å². The average Bonchev–Trinajstić information content (AvgIpc) is 2.59. The van der Waals surface area contributed by atoms with E-state index in [9.17, 15) is 4.79 Å². The van der Waals surface area contributed by atoms with E-state index in [4.69, 9.17) is 5.73 Å². The lowest BCUT2D eigenvalue weighted by Crippen LogP contribution is -2.14. The average molecular weight is 315 g/mol. The van der Waals surface area contributed by atoms with Crippen molar-refractivity contribution in [3.63, 3.8) is 0 Å². The van der Waals surface area contributed by atoms with Crippen LogP contribution >= 0.6 is 0 Å². The molecule has 0 spiro atoms. The molecule has 0 aliphatic heterocycles. The maximum absolute atomic E-state index is 12.1. The molecule has 4 N–H and O–H groups in total. The number of hydrogen-bond donors (Lipinski definition) is 3. The highest BCUT2D eigenvalue weighted by Crippen LogP contribution is 2.15. The van der Waals surface area contributed by atoms with Gasteiger partial charge in [-0.15, -0.1) is 0 Å². The molecule has 0 radical (unpaired) electrons. The largest absolute Gasteiger partial charge is 0.398 e. The van der Waals surface area contributed by atoms with Crippen LogP contribution in [0.15, 0.2) is 48.5 Å². The molecular formula is C19H29N3O. The lowest BCUT2D eigenvalue weighted by atomic mass is 10.1. The van der Waals surface area contributed by atoms with Crippen LogP contribution in [0.3, 0.4) is 0 Å². The molecule has 0 atom stereocenters. The predicted molar refractivity (Wildman–Crippen MR) is 101 cm³/mol. The lowest BCUT2D eigenvalue weighted by molar-refractivity contribution is 0.102. The van der Waals surface area contributed by atoms with Crippen molar-refractivity contribution >= 4 is 17.3 Å². The second-order valence-electron chi connectivity index (χ2n) is 4.27. The first-order valence-corrected chi connectivity index (χ1v) is 8.10. The zero-order chi connectivity index (χ0) is 17.7. The normalized spacial score (nSPS) is 8.91. The molecule has 0 aromatic heterocycles. The van der Waals surface area contributed by atoms with Crippen LogP contribution in [-0.4, -0.2) is 13.0 Å². The molecule has 4 nitrogen and oxygen atoms in total. The van der Waals surface area contributed by atoms with Gasteiger partial charge in [-0.05, 0) is 36.9 Å². The minimum atomic E-state index is -0.195. The molecule has 126 valence electrons. The van der Waals surface area contributed by atoms with Crippen molar-refractivity contribution in [1.29, 1.82) is 0 Å². The van der Waals surface area contributed by atoms with E-state index in [1.165, 1.54) is 0 Å². The van der Waals surface area contributed by atoms with Crippen LogP contribution in [0.25, 0.3) is 0 Å². The standard InChI is InChI=1S/C15H17N3O.2C2H6/c1-17-10-11-5-4-6-12(9-11)18-15(19)13-7-2-3-8-14(13)16;2*1-2/h2-9,17H,10,16H2,1H3,(H,18,19);2*1-2H3. The summed E-state index contributed by atoms with van der Waals surface area (Å²) in [6.45, 7) is 8.76. The summed E-state index contributed by atoms with van der Waals surface area (Å²) < 4.78 is 0. The van der Waals surface area contributed by atoms with Gasteiger partial charge in [-0.25, -0.2) is 0 Å². The van der Waals surface area contributed by atoms with Gasteiger partial charge in [0, 0.05) is 17.9 Å². The Morgan fingerprint density at radius 3 is 2.26 bits per heavy atom. The van der Waals surface area contributed by atoms with E-state index < -0.39 is 0 Å². The van der Waals surface area contributed by atoms with Gasteiger partial charge in [0.1, 0.15) is 0 Å². The van der Waals surface area contributed by atoms with Crippen molar-refractivity contribution in [1.82, 2.24) is 5.32 Å². The third-order valence-corrected chi connectivity index (χ3v) is 2.77. The fourth-order valence-corrected chi connectivity index (χ4v) is 1.87. The number of anilines is 2. The van der Waals surface area contributed by atoms with Crippen LogP contribution in [0, 0.1) is 0 Å².